The van der Waals surface area contributed by atoms with Crippen molar-refractivity contribution in [3.63, 3.8) is 0 Å². The number of ether oxygens (including phenoxy) is 5. The molecule has 1 saturated heterocycles. The maximum absolute atomic E-state index is 14.3. The molecule has 9 heteroatoms. The normalized spacial score (nSPS) is 16.8. The van der Waals surface area contributed by atoms with Crippen molar-refractivity contribution in [3.8, 4) is 22.6 Å². The van der Waals surface area contributed by atoms with Crippen LogP contribution in [0.2, 0.25) is 0 Å². The summed E-state index contributed by atoms with van der Waals surface area (Å²) in [5.41, 5.74) is 4.84. The predicted molar refractivity (Wildman–Crippen MR) is 186 cm³/mol. The molecule has 256 valence electrons. The summed E-state index contributed by atoms with van der Waals surface area (Å²) >= 11 is 0. The number of likely N-dealkylation sites (N-methyl/N-ethyl adjacent to an activating group) is 1. The van der Waals surface area contributed by atoms with Gasteiger partial charge in [0.15, 0.2) is 6.29 Å². The van der Waals surface area contributed by atoms with Crippen molar-refractivity contribution in [1.29, 1.82) is 0 Å². The van der Waals surface area contributed by atoms with Crippen LogP contribution in [-0.2, 0) is 25.5 Å². The summed E-state index contributed by atoms with van der Waals surface area (Å²) < 4.78 is 28.7. The third kappa shape index (κ3) is 9.61. The van der Waals surface area contributed by atoms with Crippen LogP contribution in [0.3, 0.4) is 0 Å². The molecule has 0 bridgehead atoms. The zero-order valence-corrected chi connectivity index (χ0v) is 28.8. The van der Waals surface area contributed by atoms with Crippen LogP contribution in [0.1, 0.15) is 57.6 Å². The fourth-order valence-electron chi connectivity index (χ4n) is 5.96. The van der Waals surface area contributed by atoms with Gasteiger partial charge in [-0.05, 0) is 92.5 Å². The Morgan fingerprint density at radius 2 is 1.67 bits per heavy atom. The summed E-state index contributed by atoms with van der Waals surface area (Å²) in [4.78, 5) is 30.7. The molecule has 1 fully saturated rings. The highest BCUT2D eigenvalue weighted by molar-refractivity contribution is 6.02. The molecule has 5 rings (SSSR count). The first-order valence-corrected chi connectivity index (χ1v) is 16.7. The van der Waals surface area contributed by atoms with Crippen LogP contribution in [-0.4, -0.2) is 80.8 Å². The molecule has 0 spiro atoms. The van der Waals surface area contributed by atoms with Crippen molar-refractivity contribution in [2.75, 3.05) is 47.1 Å². The number of hydrogen-bond acceptors (Lipinski definition) is 7. The molecule has 2 aliphatic heterocycles. The molecule has 2 heterocycles. The van der Waals surface area contributed by atoms with Gasteiger partial charge in [-0.3, -0.25) is 4.79 Å². The van der Waals surface area contributed by atoms with Crippen LogP contribution in [0.25, 0.3) is 16.7 Å². The second-order valence-corrected chi connectivity index (χ2v) is 13.2. The summed E-state index contributed by atoms with van der Waals surface area (Å²) in [6.07, 6.45) is 3.00. The molecule has 2 aliphatic rings. The lowest BCUT2D eigenvalue weighted by molar-refractivity contribution is -0.165. The zero-order chi connectivity index (χ0) is 34.1. The van der Waals surface area contributed by atoms with Crippen LogP contribution >= 0.6 is 0 Å². The molecule has 0 saturated carbocycles. The van der Waals surface area contributed by atoms with E-state index >= 15 is 0 Å². The second kappa shape index (κ2) is 16.2. The molecule has 0 aromatic heterocycles. The fourth-order valence-corrected chi connectivity index (χ4v) is 5.96. The van der Waals surface area contributed by atoms with Crippen molar-refractivity contribution in [2.45, 2.75) is 64.9 Å². The molecule has 0 N–H and O–H groups in total. The van der Waals surface area contributed by atoms with E-state index in [2.05, 4.69) is 24.3 Å². The minimum Gasteiger partial charge on any atom is -0.497 e. The summed E-state index contributed by atoms with van der Waals surface area (Å²) in [6.45, 7) is 7.94. The largest absolute Gasteiger partial charge is 0.497 e. The van der Waals surface area contributed by atoms with E-state index in [0.29, 0.717) is 49.8 Å². The van der Waals surface area contributed by atoms with Crippen molar-refractivity contribution in [1.82, 2.24) is 9.80 Å². The number of methoxy groups -OCH3 is 1. The van der Waals surface area contributed by atoms with Gasteiger partial charge < -0.3 is 33.5 Å². The van der Waals surface area contributed by atoms with Crippen LogP contribution in [0.4, 0.5) is 4.79 Å². The van der Waals surface area contributed by atoms with Gasteiger partial charge in [-0.1, -0.05) is 48.5 Å². The molecule has 9 nitrogen and oxygen atoms in total. The fraction of sp³-hybridized carbons (Fsp3) is 0.436. The van der Waals surface area contributed by atoms with E-state index in [-0.39, 0.29) is 18.7 Å². The van der Waals surface area contributed by atoms with Crippen molar-refractivity contribution in [3.05, 3.63) is 89.5 Å². The van der Waals surface area contributed by atoms with Crippen molar-refractivity contribution < 1.29 is 33.3 Å². The maximum Gasteiger partial charge on any atom is 0.410 e. The Bertz CT molecular complexity index is 1570. The van der Waals surface area contributed by atoms with Gasteiger partial charge in [0.1, 0.15) is 23.7 Å². The Balaban J connectivity index is 1.36. The Labute approximate surface area is 284 Å². The lowest BCUT2D eigenvalue weighted by Crippen LogP contribution is -2.43. The van der Waals surface area contributed by atoms with Gasteiger partial charge in [-0.15, -0.1) is 0 Å². The van der Waals surface area contributed by atoms with Gasteiger partial charge in [-0.25, -0.2) is 4.79 Å². The number of amides is 2. The van der Waals surface area contributed by atoms with E-state index in [1.165, 1.54) is 0 Å². The number of hydrogen-bond donors (Lipinski definition) is 0. The quantitative estimate of drug-likeness (QED) is 0.200. The molecular formula is C39H48N2O7. The molecule has 0 aliphatic carbocycles. The highest BCUT2D eigenvalue weighted by Gasteiger charge is 2.31. The second-order valence-electron chi connectivity index (χ2n) is 13.2. The van der Waals surface area contributed by atoms with Crippen molar-refractivity contribution >= 4 is 17.6 Å². The third-order valence-electron chi connectivity index (χ3n) is 8.31. The first kappa shape index (κ1) is 35.0. The Morgan fingerprint density at radius 3 is 2.40 bits per heavy atom. The summed E-state index contributed by atoms with van der Waals surface area (Å²) in [5, 5.41) is 0. The predicted octanol–water partition coefficient (Wildman–Crippen LogP) is 7.34. The summed E-state index contributed by atoms with van der Waals surface area (Å²) in [7, 11) is 3.38. The van der Waals surface area contributed by atoms with Crippen molar-refractivity contribution in [2.24, 2.45) is 0 Å². The molecule has 48 heavy (non-hydrogen) atoms. The number of carbonyl (C=O) groups excluding carboxylic acids is 2. The topological polar surface area (TPSA) is 86.8 Å². The monoisotopic (exact) mass is 656 g/mol. The first-order chi connectivity index (χ1) is 23.1. The van der Waals surface area contributed by atoms with E-state index in [9.17, 15) is 9.59 Å². The summed E-state index contributed by atoms with van der Waals surface area (Å²) in [5.74, 6) is 1.10. The lowest BCUT2D eigenvalue weighted by Gasteiger charge is -2.33. The minimum atomic E-state index is -0.645. The average Bonchev–Trinajstić information content (AvgIpc) is 3.09. The molecule has 3 aromatic rings. The molecule has 1 atom stereocenters. The van der Waals surface area contributed by atoms with Gasteiger partial charge in [0.05, 0.1) is 20.3 Å². The number of rotatable bonds is 11. The third-order valence-corrected chi connectivity index (χ3v) is 8.31. The first-order valence-electron chi connectivity index (χ1n) is 16.7. The van der Waals surface area contributed by atoms with Gasteiger partial charge in [-0.2, -0.15) is 0 Å². The Hall–Kier alpha value is -4.34. The van der Waals surface area contributed by atoms with E-state index in [1.54, 1.807) is 24.0 Å². The van der Waals surface area contributed by atoms with E-state index in [1.807, 2.05) is 69.3 Å². The standard InChI is InChI=1S/C39H48N2O7/c1-39(2,3)48-38(43)41-18-17-34(31-15-11-14-30(24-31)29-12-7-6-8-13-29)35(27-41)37(42)40(4)26-28-22-32(44-5)25-33(23-28)45-20-21-47-36-16-9-10-19-46-36/h6-8,11-15,22-25,36H,9-10,16-21,26-27H2,1-5H3. The molecular weight excluding hydrogens is 608 g/mol. The van der Waals surface area contributed by atoms with E-state index in [4.69, 9.17) is 23.7 Å². The highest BCUT2D eigenvalue weighted by atomic mass is 16.7. The smallest absolute Gasteiger partial charge is 0.410 e. The van der Waals surface area contributed by atoms with Gasteiger partial charge >= 0.3 is 6.09 Å². The Kier molecular flexibility index (Phi) is 11.8. The minimum absolute atomic E-state index is 0.153. The number of nitrogens with zero attached hydrogens (tertiary/aromatic N) is 2. The van der Waals surface area contributed by atoms with Gasteiger partial charge in [0.2, 0.25) is 0 Å². The number of carbonyl (C=O) groups is 2. The molecule has 2 amide bonds. The molecule has 0 radical (unpaired) electrons. The SMILES string of the molecule is COc1cc(CN(C)C(=O)C2=C(c3cccc(-c4ccccc4)c3)CCN(C(=O)OC(C)(C)C)C2)cc(OCCOC2CCCCO2)c1. The highest BCUT2D eigenvalue weighted by Crippen LogP contribution is 2.33. The van der Waals surface area contributed by atoms with E-state index < -0.39 is 11.7 Å². The van der Waals surface area contributed by atoms with Crippen LogP contribution in [0.5, 0.6) is 11.5 Å². The average molecular weight is 657 g/mol. The molecule has 1 unspecified atom stereocenters. The van der Waals surface area contributed by atoms with E-state index in [0.717, 1.165) is 53.7 Å². The maximum atomic E-state index is 14.3. The summed E-state index contributed by atoms with van der Waals surface area (Å²) in [6, 6.07) is 24.0. The van der Waals surface area contributed by atoms with Crippen LogP contribution in [0.15, 0.2) is 78.4 Å². The lowest BCUT2D eigenvalue weighted by atomic mass is 9.90. The van der Waals surface area contributed by atoms with Crippen LogP contribution in [0, 0.1) is 0 Å². The zero-order valence-electron chi connectivity index (χ0n) is 28.8. The number of benzene rings is 3. The molecule has 3 aromatic carbocycles. The Morgan fingerprint density at radius 1 is 0.917 bits per heavy atom. The van der Waals surface area contributed by atoms with Crippen LogP contribution < -0.4 is 9.47 Å². The van der Waals surface area contributed by atoms with Gasteiger partial charge in [0, 0.05) is 38.4 Å². The van der Waals surface area contributed by atoms with Gasteiger partial charge in [0.25, 0.3) is 5.91 Å².